The molecule has 0 amide bonds. The van der Waals surface area contributed by atoms with E-state index < -0.39 is 0 Å². The second kappa shape index (κ2) is 11.0. The Hall–Kier alpha value is -0.810. The van der Waals surface area contributed by atoms with E-state index in [0.29, 0.717) is 11.8 Å². The third-order valence-electron chi connectivity index (χ3n) is 3.46. The lowest BCUT2D eigenvalue weighted by atomic mass is 10.4. The van der Waals surface area contributed by atoms with Crippen LogP contribution in [0.1, 0.15) is 12.7 Å². The fourth-order valence-electron chi connectivity index (χ4n) is 2.16. The highest BCUT2D eigenvalue weighted by Crippen LogP contribution is 2.24. The average Bonchev–Trinajstić information content (AvgIpc) is 2.95. The van der Waals surface area contributed by atoms with Gasteiger partial charge in [0, 0.05) is 42.3 Å². The van der Waals surface area contributed by atoms with Gasteiger partial charge in [0.05, 0.1) is 6.54 Å². The van der Waals surface area contributed by atoms with Gasteiger partial charge in [0.25, 0.3) is 0 Å². The number of guanidine groups is 1. The van der Waals surface area contributed by atoms with Crippen LogP contribution in [0.4, 0.5) is 0 Å². The van der Waals surface area contributed by atoms with Gasteiger partial charge in [0.2, 0.25) is 0 Å². The molecular weight excluding hydrogens is 515 g/mol. The molecule has 0 aliphatic heterocycles. The number of aliphatic imine (C=N–C) groups is 1. The molecule has 0 bridgehead atoms. The SMILES string of the molecule is CN=C(NCC(C)Sc1ccc(Br)cc1)N(C)Cc1ncnn1C.I. The molecule has 25 heavy (non-hydrogen) atoms. The summed E-state index contributed by atoms with van der Waals surface area (Å²) >= 11 is 5.30. The Labute approximate surface area is 179 Å². The summed E-state index contributed by atoms with van der Waals surface area (Å²) in [4.78, 5) is 11.9. The molecule has 6 nitrogen and oxygen atoms in total. The topological polar surface area (TPSA) is 58.3 Å². The van der Waals surface area contributed by atoms with Gasteiger partial charge in [-0.2, -0.15) is 5.10 Å². The quantitative estimate of drug-likeness (QED) is 0.264. The molecule has 0 saturated carbocycles. The van der Waals surface area contributed by atoms with Gasteiger partial charge in [-0.15, -0.1) is 35.7 Å². The summed E-state index contributed by atoms with van der Waals surface area (Å²) in [6.07, 6.45) is 1.57. The van der Waals surface area contributed by atoms with Gasteiger partial charge in [0.1, 0.15) is 12.2 Å². The number of nitrogens with zero attached hydrogens (tertiary/aromatic N) is 5. The molecule has 1 atom stereocenters. The van der Waals surface area contributed by atoms with Crippen molar-refractivity contribution in [3.05, 3.63) is 40.9 Å². The van der Waals surface area contributed by atoms with Crippen molar-refractivity contribution < 1.29 is 0 Å². The van der Waals surface area contributed by atoms with Crippen LogP contribution in [0.2, 0.25) is 0 Å². The van der Waals surface area contributed by atoms with E-state index in [1.165, 1.54) is 4.90 Å². The number of aryl methyl sites for hydroxylation is 1. The molecule has 1 heterocycles. The number of rotatable bonds is 6. The van der Waals surface area contributed by atoms with Crippen molar-refractivity contribution in [1.29, 1.82) is 0 Å². The lowest BCUT2D eigenvalue weighted by Crippen LogP contribution is -2.41. The van der Waals surface area contributed by atoms with E-state index >= 15 is 0 Å². The number of thioether (sulfide) groups is 1. The first-order valence-electron chi connectivity index (χ1n) is 7.66. The monoisotopic (exact) mass is 538 g/mol. The van der Waals surface area contributed by atoms with Crippen molar-refractivity contribution in [2.24, 2.45) is 12.0 Å². The first-order chi connectivity index (χ1) is 11.5. The summed E-state index contributed by atoms with van der Waals surface area (Å²) in [5.74, 6) is 1.75. The summed E-state index contributed by atoms with van der Waals surface area (Å²) in [7, 11) is 5.68. The Balaban J connectivity index is 0.00000312. The highest BCUT2D eigenvalue weighted by molar-refractivity contribution is 14.0. The molecule has 2 aromatic rings. The molecule has 0 radical (unpaired) electrons. The molecule has 9 heteroatoms. The van der Waals surface area contributed by atoms with Crippen molar-refractivity contribution in [2.75, 3.05) is 20.6 Å². The molecule has 1 aromatic carbocycles. The molecule has 0 saturated heterocycles. The van der Waals surface area contributed by atoms with E-state index in [0.717, 1.165) is 22.8 Å². The minimum absolute atomic E-state index is 0. The van der Waals surface area contributed by atoms with Crippen LogP contribution in [-0.2, 0) is 13.6 Å². The Morgan fingerprint density at radius 3 is 2.64 bits per heavy atom. The first kappa shape index (κ1) is 22.2. The molecule has 0 fully saturated rings. The van der Waals surface area contributed by atoms with Crippen molar-refractivity contribution in [3.63, 3.8) is 0 Å². The van der Waals surface area contributed by atoms with E-state index in [4.69, 9.17) is 0 Å². The van der Waals surface area contributed by atoms with Crippen molar-refractivity contribution in [3.8, 4) is 0 Å². The van der Waals surface area contributed by atoms with Crippen LogP contribution in [0.25, 0.3) is 0 Å². The number of hydrogen-bond donors (Lipinski definition) is 1. The molecule has 0 aliphatic rings. The Morgan fingerprint density at radius 1 is 1.40 bits per heavy atom. The number of benzene rings is 1. The number of nitrogens with one attached hydrogen (secondary N) is 1. The predicted molar refractivity (Wildman–Crippen MR) is 119 cm³/mol. The number of halogens is 2. The molecule has 1 N–H and O–H groups in total. The van der Waals surface area contributed by atoms with Gasteiger partial charge >= 0.3 is 0 Å². The third-order valence-corrected chi connectivity index (χ3v) is 5.10. The van der Waals surface area contributed by atoms with E-state index in [9.17, 15) is 0 Å². The van der Waals surface area contributed by atoms with Crippen LogP contribution in [-0.4, -0.2) is 51.5 Å². The highest BCUT2D eigenvalue weighted by Gasteiger charge is 2.11. The first-order valence-corrected chi connectivity index (χ1v) is 9.33. The zero-order valence-corrected chi connectivity index (χ0v) is 19.5. The Bertz CT molecular complexity index is 676. The van der Waals surface area contributed by atoms with Crippen molar-refractivity contribution in [1.82, 2.24) is 25.0 Å². The largest absolute Gasteiger partial charge is 0.355 e. The van der Waals surface area contributed by atoms with Gasteiger partial charge in [-0.25, -0.2) is 4.98 Å². The molecule has 1 unspecified atom stereocenters. The van der Waals surface area contributed by atoms with Gasteiger partial charge in [-0.1, -0.05) is 22.9 Å². The van der Waals surface area contributed by atoms with Gasteiger partial charge < -0.3 is 10.2 Å². The second-order valence-electron chi connectivity index (χ2n) is 5.47. The lowest BCUT2D eigenvalue weighted by molar-refractivity contribution is 0.449. The summed E-state index contributed by atoms with van der Waals surface area (Å²) in [5.41, 5.74) is 0. The Morgan fingerprint density at radius 2 is 2.08 bits per heavy atom. The minimum atomic E-state index is 0. The normalized spacial score (nSPS) is 12.4. The molecule has 0 aliphatic carbocycles. The smallest absolute Gasteiger partial charge is 0.193 e. The summed E-state index contributed by atoms with van der Waals surface area (Å²) in [6, 6.07) is 8.38. The molecular formula is C16H24BrIN6S. The molecule has 138 valence electrons. The zero-order chi connectivity index (χ0) is 17.5. The summed E-state index contributed by atoms with van der Waals surface area (Å²) < 4.78 is 2.87. The van der Waals surface area contributed by atoms with Crippen LogP contribution >= 0.6 is 51.7 Å². The average molecular weight is 539 g/mol. The lowest BCUT2D eigenvalue weighted by Gasteiger charge is -2.23. The molecule has 1 aromatic heterocycles. The maximum absolute atomic E-state index is 4.35. The van der Waals surface area contributed by atoms with E-state index in [1.807, 2.05) is 30.8 Å². The third kappa shape index (κ3) is 7.14. The Kier molecular flexibility index (Phi) is 9.80. The number of aromatic nitrogens is 3. The van der Waals surface area contributed by atoms with Crippen molar-refractivity contribution in [2.45, 2.75) is 23.6 Å². The zero-order valence-electron chi connectivity index (χ0n) is 14.8. The van der Waals surface area contributed by atoms with Crippen LogP contribution in [0.5, 0.6) is 0 Å². The highest BCUT2D eigenvalue weighted by atomic mass is 127. The van der Waals surface area contributed by atoms with Gasteiger partial charge in [-0.05, 0) is 24.3 Å². The maximum atomic E-state index is 4.35. The predicted octanol–water partition coefficient (Wildman–Crippen LogP) is 3.38. The van der Waals surface area contributed by atoms with Crippen LogP contribution in [0, 0.1) is 0 Å². The van der Waals surface area contributed by atoms with Crippen LogP contribution in [0.3, 0.4) is 0 Å². The van der Waals surface area contributed by atoms with E-state index in [-0.39, 0.29) is 24.0 Å². The van der Waals surface area contributed by atoms with Gasteiger partial charge in [0.15, 0.2) is 5.96 Å². The standard InChI is InChI=1S/C16H23BrN6S.HI/c1-12(24-14-7-5-13(17)6-8-14)9-19-16(18-2)22(3)10-15-20-11-21-23(15)4;/h5-8,11-12H,9-10H2,1-4H3,(H,18,19);1H. The molecule has 0 spiro atoms. The maximum Gasteiger partial charge on any atom is 0.193 e. The fraction of sp³-hybridized carbons (Fsp3) is 0.438. The summed E-state index contributed by atoms with van der Waals surface area (Å²) in [5, 5.41) is 7.94. The fourth-order valence-corrected chi connectivity index (χ4v) is 3.35. The minimum Gasteiger partial charge on any atom is -0.355 e. The van der Waals surface area contributed by atoms with Gasteiger partial charge in [-0.3, -0.25) is 9.67 Å². The van der Waals surface area contributed by atoms with E-state index in [1.54, 1.807) is 18.1 Å². The second-order valence-corrected chi connectivity index (χ2v) is 7.89. The van der Waals surface area contributed by atoms with Crippen molar-refractivity contribution >= 4 is 57.6 Å². The van der Waals surface area contributed by atoms with Crippen LogP contribution in [0.15, 0.2) is 45.0 Å². The number of hydrogen-bond acceptors (Lipinski definition) is 4. The molecule has 2 rings (SSSR count). The van der Waals surface area contributed by atoms with E-state index in [2.05, 4.69) is 67.5 Å². The summed E-state index contributed by atoms with van der Waals surface area (Å²) in [6.45, 7) is 3.69. The van der Waals surface area contributed by atoms with Crippen LogP contribution < -0.4 is 5.32 Å².